The molecule has 18 heavy (non-hydrogen) atoms. The summed E-state index contributed by atoms with van der Waals surface area (Å²) in [5, 5.41) is 2.12. The summed E-state index contributed by atoms with van der Waals surface area (Å²) in [6.45, 7) is 2.77. The molecule has 0 aliphatic rings. The van der Waals surface area contributed by atoms with Gasteiger partial charge in [0.1, 0.15) is 5.82 Å². The van der Waals surface area contributed by atoms with Crippen molar-refractivity contribution in [3.05, 3.63) is 44.2 Å². The van der Waals surface area contributed by atoms with E-state index in [2.05, 4.69) is 37.3 Å². The third kappa shape index (κ3) is 2.97. The maximum absolute atomic E-state index is 10.7. The topological polar surface area (TPSA) is 33.2 Å². The van der Waals surface area contributed by atoms with Crippen LogP contribution in [-0.2, 0) is 6.54 Å². The van der Waals surface area contributed by atoms with Crippen molar-refractivity contribution < 1.29 is 4.79 Å². The molecular weight excluding hydrogens is 312 g/mol. The maximum atomic E-state index is 10.7. The Hall–Kier alpha value is -1.20. The fourth-order valence-electron chi connectivity index (χ4n) is 1.83. The van der Waals surface area contributed by atoms with Crippen molar-refractivity contribution in [1.29, 1.82) is 0 Å². The van der Waals surface area contributed by atoms with Gasteiger partial charge < -0.3 is 4.90 Å². The molecule has 2 aromatic rings. The normalized spacial score (nSPS) is 10.4. The van der Waals surface area contributed by atoms with E-state index in [1.807, 2.05) is 20.0 Å². The number of pyridine rings is 1. The average molecular weight is 325 g/mol. The Balaban J connectivity index is 2.18. The van der Waals surface area contributed by atoms with E-state index in [0.29, 0.717) is 5.56 Å². The molecule has 0 fully saturated rings. The molecule has 0 amide bonds. The molecule has 0 unspecified atom stereocenters. The lowest BCUT2D eigenvalue weighted by molar-refractivity contribution is 0.112. The molecule has 2 aromatic heterocycles. The Morgan fingerprint density at radius 2 is 2.28 bits per heavy atom. The molecule has 3 nitrogen and oxygen atoms in total. The maximum Gasteiger partial charge on any atom is 0.151 e. The lowest BCUT2D eigenvalue weighted by Crippen LogP contribution is -2.18. The van der Waals surface area contributed by atoms with Crippen molar-refractivity contribution in [2.45, 2.75) is 13.5 Å². The first-order chi connectivity index (χ1) is 8.60. The molecular formula is C13H13BrN2OS. The predicted molar refractivity (Wildman–Crippen MR) is 78.5 cm³/mol. The van der Waals surface area contributed by atoms with Gasteiger partial charge in [-0.05, 0) is 51.5 Å². The lowest BCUT2D eigenvalue weighted by Gasteiger charge is -2.19. The molecule has 0 atom stereocenters. The molecule has 0 aliphatic heterocycles. The van der Waals surface area contributed by atoms with Crippen LogP contribution >= 0.6 is 27.3 Å². The molecule has 94 valence electrons. The van der Waals surface area contributed by atoms with Gasteiger partial charge in [-0.25, -0.2) is 4.98 Å². The summed E-state index contributed by atoms with van der Waals surface area (Å²) in [6.07, 6.45) is 2.43. The van der Waals surface area contributed by atoms with Crippen LogP contribution in [0, 0.1) is 6.92 Å². The Morgan fingerprint density at radius 1 is 1.50 bits per heavy atom. The molecule has 0 saturated carbocycles. The van der Waals surface area contributed by atoms with Gasteiger partial charge in [-0.1, -0.05) is 0 Å². The SMILES string of the molecule is Cc1cc(C=O)cnc1N(C)Cc1csc(Br)c1. The minimum atomic E-state index is 0.614. The second kappa shape index (κ2) is 5.63. The molecule has 0 aliphatic carbocycles. The molecule has 0 radical (unpaired) electrons. The number of aryl methyl sites for hydroxylation is 1. The van der Waals surface area contributed by atoms with Crippen LogP contribution in [-0.4, -0.2) is 18.3 Å². The first-order valence-corrected chi connectivity index (χ1v) is 7.13. The van der Waals surface area contributed by atoms with Crippen LogP contribution in [0.4, 0.5) is 5.82 Å². The summed E-state index contributed by atoms with van der Waals surface area (Å²) < 4.78 is 1.13. The predicted octanol–water partition coefficient (Wildman–Crippen LogP) is 3.66. The van der Waals surface area contributed by atoms with Crippen LogP contribution in [0.5, 0.6) is 0 Å². The summed E-state index contributed by atoms with van der Waals surface area (Å²) in [5.41, 5.74) is 2.87. The second-order valence-electron chi connectivity index (χ2n) is 4.14. The Kier molecular flexibility index (Phi) is 4.14. The van der Waals surface area contributed by atoms with Gasteiger partial charge in [-0.3, -0.25) is 4.79 Å². The number of aromatic nitrogens is 1. The van der Waals surface area contributed by atoms with E-state index in [9.17, 15) is 4.79 Å². The Bertz CT molecular complexity index is 568. The largest absolute Gasteiger partial charge is 0.355 e. The molecule has 0 N–H and O–H groups in total. The summed E-state index contributed by atoms with van der Waals surface area (Å²) in [5.74, 6) is 0.905. The molecule has 0 bridgehead atoms. The van der Waals surface area contributed by atoms with E-state index in [-0.39, 0.29) is 0 Å². The van der Waals surface area contributed by atoms with Gasteiger partial charge >= 0.3 is 0 Å². The van der Waals surface area contributed by atoms with E-state index >= 15 is 0 Å². The van der Waals surface area contributed by atoms with Crippen molar-refractivity contribution in [2.24, 2.45) is 0 Å². The van der Waals surface area contributed by atoms with Gasteiger partial charge in [0.15, 0.2) is 6.29 Å². The number of halogens is 1. The average Bonchev–Trinajstić information content (AvgIpc) is 2.74. The smallest absolute Gasteiger partial charge is 0.151 e. The molecule has 5 heteroatoms. The molecule has 0 saturated heterocycles. The lowest BCUT2D eigenvalue weighted by atomic mass is 10.2. The zero-order valence-corrected chi connectivity index (χ0v) is 12.6. The number of carbonyl (C=O) groups is 1. The summed E-state index contributed by atoms with van der Waals surface area (Å²) in [7, 11) is 2.00. The van der Waals surface area contributed by atoms with Crippen molar-refractivity contribution in [3.8, 4) is 0 Å². The minimum Gasteiger partial charge on any atom is -0.355 e. The third-order valence-electron chi connectivity index (χ3n) is 2.61. The van der Waals surface area contributed by atoms with Crippen LogP contribution in [0.1, 0.15) is 21.5 Å². The molecule has 2 heterocycles. The number of hydrogen-bond acceptors (Lipinski definition) is 4. The highest BCUT2D eigenvalue weighted by molar-refractivity contribution is 9.11. The van der Waals surface area contributed by atoms with Crippen LogP contribution in [0.3, 0.4) is 0 Å². The third-order valence-corrected chi connectivity index (χ3v) is 4.16. The number of nitrogens with zero attached hydrogens (tertiary/aromatic N) is 2. The highest BCUT2D eigenvalue weighted by Crippen LogP contribution is 2.24. The quantitative estimate of drug-likeness (QED) is 0.804. The number of hydrogen-bond donors (Lipinski definition) is 0. The molecule has 0 spiro atoms. The number of aldehydes is 1. The minimum absolute atomic E-state index is 0.614. The Labute approximate surface area is 119 Å². The molecule has 0 aromatic carbocycles. The van der Waals surface area contributed by atoms with Gasteiger partial charge in [-0.15, -0.1) is 11.3 Å². The first-order valence-electron chi connectivity index (χ1n) is 5.46. The second-order valence-corrected chi connectivity index (χ2v) is 6.43. The summed E-state index contributed by atoms with van der Waals surface area (Å²) in [4.78, 5) is 17.1. The van der Waals surface area contributed by atoms with Crippen molar-refractivity contribution >= 4 is 39.4 Å². The van der Waals surface area contributed by atoms with Gasteiger partial charge in [0.2, 0.25) is 0 Å². The number of rotatable bonds is 4. The van der Waals surface area contributed by atoms with Crippen LogP contribution in [0.2, 0.25) is 0 Å². The van der Waals surface area contributed by atoms with Gasteiger partial charge in [0.05, 0.1) is 3.79 Å². The Morgan fingerprint density at radius 3 is 2.83 bits per heavy atom. The van der Waals surface area contributed by atoms with E-state index in [4.69, 9.17) is 0 Å². The zero-order valence-electron chi connectivity index (χ0n) is 10.2. The highest BCUT2D eigenvalue weighted by Gasteiger charge is 2.08. The summed E-state index contributed by atoms with van der Waals surface area (Å²) in [6, 6.07) is 3.96. The van der Waals surface area contributed by atoms with Crippen LogP contribution in [0.25, 0.3) is 0 Å². The van der Waals surface area contributed by atoms with Crippen LogP contribution in [0.15, 0.2) is 27.5 Å². The number of thiophene rings is 1. The van der Waals surface area contributed by atoms with Crippen LogP contribution < -0.4 is 4.90 Å². The summed E-state index contributed by atoms with van der Waals surface area (Å²) >= 11 is 5.13. The number of carbonyl (C=O) groups excluding carboxylic acids is 1. The fourth-order valence-corrected chi connectivity index (χ4v) is 3.03. The first kappa shape index (κ1) is 13.2. The van der Waals surface area contributed by atoms with Crippen molar-refractivity contribution in [1.82, 2.24) is 4.98 Å². The van der Waals surface area contributed by atoms with E-state index < -0.39 is 0 Å². The van der Waals surface area contributed by atoms with Crippen molar-refractivity contribution in [2.75, 3.05) is 11.9 Å². The van der Waals surface area contributed by atoms with Gasteiger partial charge in [-0.2, -0.15) is 0 Å². The zero-order chi connectivity index (χ0) is 13.1. The number of anilines is 1. The van der Waals surface area contributed by atoms with E-state index in [0.717, 1.165) is 28.0 Å². The van der Waals surface area contributed by atoms with Crippen molar-refractivity contribution in [3.63, 3.8) is 0 Å². The highest BCUT2D eigenvalue weighted by atomic mass is 79.9. The standard InChI is InChI=1S/C13H13BrN2OS/c1-9-3-10(7-17)5-15-13(9)16(2)6-11-4-12(14)18-8-11/h3-5,7-8H,6H2,1-2H3. The fraction of sp³-hybridized carbons (Fsp3) is 0.231. The van der Waals surface area contributed by atoms with Gasteiger partial charge in [0.25, 0.3) is 0 Å². The van der Waals surface area contributed by atoms with E-state index in [1.54, 1.807) is 17.5 Å². The monoisotopic (exact) mass is 324 g/mol. The van der Waals surface area contributed by atoms with E-state index in [1.165, 1.54) is 5.56 Å². The molecule has 2 rings (SSSR count). The van der Waals surface area contributed by atoms with Gasteiger partial charge in [0, 0.05) is 25.4 Å².